The lowest BCUT2D eigenvalue weighted by molar-refractivity contribution is -0.387. The first kappa shape index (κ1) is 19.9. The van der Waals surface area contributed by atoms with E-state index in [1.54, 1.807) is 31.4 Å². The Morgan fingerprint density at radius 2 is 1.73 bits per heavy atom. The molecule has 0 heterocycles. The van der Waals surface area contributed by atoms with Crippen LogP contribution in [0.25, 0.3) is 0 Å². The molecule has 2 aromatic rings. The van der Waals surface area contributed by atoms with Crippen LogP contribution in [0.15, 0.2) is 53.4 Å². The minimum Gasteiger partial charge on any atom is -0.497 e. The fourth-order valence-corrected chi connectivity index (χ4v) is 4.06. The SMILES string of the molecule is COc1ccc([C@@H](CC(C)C)NS(=O)(=O)c2ccccc2[N+](=O)[O-])cc1. The normalized spacial score (nSPS) is 12.8. The van der Waals surface area contributed by atoms with Gasteiger partial charge in [-0.3, -0.25) is 10.1 Å². The largest absolute Gasteiger partial charge is 0.497 e. The van der Waals surface area contributed by atoms with Gasteiger partial charge in [-0.2, -0.15) is 0 Å². The van der Waals surface area contributed by atoms with Crippen LogP contribution in [-0.2, 0) is 10.0 Å². The lowest BCUT2D eigenvalue weighted by Crippen LogP contribution is -2.30. The van der Waals surface area contributed by atoms with Gasteiger partial charge in [0, 0.05) is 12.1 Å². The minimum atomic E-state index is -4.07. The number of hydrogen-bond acceptors (Lipinski definition) is 5. The summed E-state index contributed by atoms with van der Waals surface area (Å²) in [4.78, 5) is 10.1. The predicted octanol–water partition coefficient (Wildman–Crippen LogP) is 3.67. The maximum Gasteiger partial charge on any atom is 0.289 e. The van der Waals surface area contributed by atoms with Crippen LogP contribution >= 0.6 is 0 Å². The molecule has 0 aliphatic rings. The maximum absolute atomic E-state index is 12.8. The molecule has 0 saturated carbocycles. The van der Waals surface area contributed by atoms with Crippen LogP contribution in [0.5, 0.6) is 5.75 Å². The fraction of sp³-hybridized carbons (Fsp3) is 0.333. The maximum atomic E-state index is 12.8. The van der Waals surface area contributed by atoms with Crippen molar-refractivity contribution in [3.63, 3.8) is 0 Å². The fourth-order valence-electron chi connectivity index (χ4n) is 2.65. The highest BCUT2D eigenvalue weighted by atomic mass is 32.2. The Hall–Kier alpha value is -2.45. The second-order valence-electron chi connectivity index (χ2n) is 6.30. The van der Waals surface area contributed by atoms with E-state index < -0.39 is 26.7 Å². The smallest absolute Gasteiger partial charge is 0.289 e. The predicted molar refractivity (Wildman–Crippen MR) is 98.6 cm³/mol. The van der Waals surface area contributed by atoms with Gasteiger partial charge in [-0.25, -0.2) is 13.1 Å². The van der Waals surface area contributed by atoms with Crippen molar-refractivity contribution < 1.29 is 18.1 Å². The highest BCUT2D eigenvalue weighted by Crippen LogP contribution is 2.28. The van der Waals surface area contributed by atoms with E-state index in [9.17, 15) is 18.5 Å². The van der Waals surface area contributed by atoms with Gasteiger partial charge in [0.2, 0.25) is 10.0 Å². The molecule has 0 spiro atoms. The van der Waals surface area contributed by atoms with Crippen LogP contribution in [0.1, 0.15) is 31.9 Å². The van der Waals surface area contributed by atoms with Crippen molar-refractivity contribution in [2.75, 3.05) is 7.11 Å². The highest BCUT2D eigenvalue weighted by molar-refractivity contribution is 7.89. The van der Waals surface area contributed by atoms with E-state index in [2.05, 4.69) is 4.72 Å². The number of ether oxygens (including phenoxy) is 1. The van der Waals surface area contributed by atoms with Crippen LogP contribution in [0, 0.1) is 16.0 Å². The number of nitro benzene ring substituents is 1. The Morgan fingerprint density at radius 1 is 1.12 bits per heavy atom. The Bertz CT molecular complexity index is 863. The zero-order valence-corrected chi connectivity index (χ0v) is 15.7. The third kappa shape index (κ3) is 4.80. The molecule has 0 aliphatic carbocycles. The second-order valence-corrected chi connectivity index (χ2v) is 7.98. The third-order valence-corrected chi connectivity index (χ3v) is 5.39. The molecule has 0 unspecified atom stereocenters. The van der Waals surface area contributed by atoms with Crippen LogP contribution in [0.4, 0.5) is 5.69 Å². The minimum absolute atomic E-state index is 0.218. The summed E-state index contributed by atoms with van der Waals surface area (Å²) in [5.74, 6) is 0.883. The standard InChI is InChI=1S/C18H22N2O5S/c1-13(2)12-16(14-8-10-15(25-3)11-9-14)19-26(23,24)18-7-5-4-6-17(18)20(21)22/h4-11,13,16,19H,12H2,1-3H3/t16-/m1/s1. The molecule has 0 aliphatic heterocycles. The van der Waals surface area contributed by atoms with Gasteiger partial charge in [0.25, 0.3) is 5.69 Å². The van der Waals surface area contributed by atoms with Crippen molar-refractivity contribution >= 4 is 15.7 Å². The average Bonchev–Trinajstić information content (AvgIpc) is 2.60. The van der Waals surface area contributed by atoms with Gasteiger partial charge in [0.05, 0.1) is 12.0 Å². The molecule has 2 aromatic carbocycles. The van der Waals surface area contributed by atoms with Gasteiger partial charge in [-0.15, -0.1) is 0 Å². The number of benzene rings is 2. The molecule has 2 rings (SSSR count). The monoisotopic (exact) mass is 378 g/mol. The van der Waals surface area contributed by atoms with Crippen molar-refractivity contribution in [3.05, 3.63) is 64.2 Å². The molecule has 1 atom stereocenters. The number of para-hydroxylation sites is 1. The van der Waals surface area contributed by atoms with Crippen molar-refractivity contribution in [2.24, 2.45) is 5.92 Å². The average molecular weight is 378 g/mol. The summed E-state index contributed by atoms with van der Waals surface area (Å²) in [6.45, 7) is 3.96. The lowest BCUT2D eigenvalue weighted by atomic mass is 9.98. The molecule has 1 N–H and O–H groups in total. The molecule has 0 radical (unpaired) electrons. The Kier molecular flexibility index (Phi) is 6.33. The number of methoxy groups -OCH3 is 1. The number of nitro groups is 1. The van der Waals surface area contributed by atoms with Gasteiger partial charge in [0.1, 0.15) is 5.75 Å². The van der Waals surface area contributed by atoms with E-state index in [1.165, 1.54) is 24.3 Å². The Morgan fingerprint density at radius 3 is 2.27 bits per heavy atom. The first-order valence-corrected chi connectivity index (χ1v) is 9.62. The van der Waals surface area contributed by atoms with E-state index in [1.807, 2.05) is 13.8 Å². The molecule has 0 aromatic heterocycles. The number of nitrogens with one attached hydrogen (secondary N) is 1. The molecule has 0 saturated heterocycles. The molecular formula is C18H22N2O5S. The molecule has 8 heteroatoms. The summed E-state index contributed by atoms with van der Waals surface area (Å²) in [6.07, 6.45) is 0.548. The quantitative estimate of drug-likeness (QED) is 0.558. The zero-order chi connectivity index (χ0) is 19.3. The first-order valence-electron chi connectivity index (χ1n) is 8.14. The lowest BCUT2D eigenvalue weighted by Gasteiger charge is -2.21. The van der Waals surface area contributed by atoms with Gasteiger partial charge in [0.15, 0.2) is 4.90 Å². The second kappa shape index (κ2) is 8.29. The Balaban J connectivity index is 2.39. The van der Waals surface area contributed by atoms with Gasteiger partial charge in [-0.1, -0.05) is 38.1 Å². The molecule has 0 bridgehead atoms. The molecule has 0 fully saturated rings. The highest BCUT2D eigenvalue weighted by Gasteiger charge is 2.28. The molecule has 0 amide bonds. The van der Waals surface area contributed by atoms with Gasteiger partial charge < -0.3 is 4.74 Å². The Labute approximate surface area is 153 Å². The molecule has 7 nitrogen and oxygen atoms in total. The summed E-state index contributed by atoms with van der Waals surface area (Å²) in [6, 6.07) is 11.9. The first-order chi connectivity index (χ1) is 12.2. The van der Waals surface area contributed by atoms with Crippen molar-refractivity contribution in [3.8, 4) is 5.75 Å². The summed E-state index contributed by atoms with van der Waals surface area (Å²) in [5.41, 5.74) is 0.319. The van der Waals surface area contributed by atoms with Crippen molar-refractivity contribution in [1.29, 1.82) is 0 Å². The topological polar surface area (TPSA) is 98.5 Å². The molecule has 26 heavy (non-hydrogen) atoms. The molecule has 140 valence electrons. The van der Waals surface area contributed by atoms with Crippen LogP contribution in [0.3, 0.4) is 0 Å². The van der Waals surface area contributed by atoms with E-state index in [4.69, 9.17) is 4.74 Å². The van der Waals surface area contributed by atoms with E-state index in [0.29, 0.717) is 12.2 Å². The van der Waals surface area contributed by atoms with Crippen LogP contribution in [0.2, 0.25) is 0 Å². The van der Waals surface area contributed by atoms with E-state index in [-0.39, 0.29) is 10.8 Å². The van der Waals surface area contributed by atoms with Gasteiger partial charge >= 0.3 is 0 Å². The van der Waals surface area contributed by atoms with E-state index in [0.717, 1.165) is 5.56 Å². The number of rotatable bonds is 8. The van der Waals surface area contributed by atoms with Gasteiger partial charge in [-0.05, 0) is 36.1 Å². The van der Waals surface area contributed by atoms with E-state index >= 15 is 0 Å². The summed E-state index contributed by atoms with van der Waals surface area (Å²) in [5, 5.41) is 11.2. The van der Waals surface area contributed by atoms with Crippen LogP contribution in [-0.4, -0.2) is 20.5 Å². The number of nitrogens with zero attached hydrogens (tertiary/aromatic N) is 1. The molecular weight excluding hydrogens is 356 g/mol. The third-order valence-electron chi connectivity index (χ3n) is 3.87. The number of hydrogen-bond donors (Lipinski definition) is 1. The van der Waals surface area contributed by atoms with Crippen LogP contribution < -0.4 is 9.46 Å². The van der Waals surface area contributed by atoms with Crippen molar-refractivity contribution in [1.82, 2.24) is 4.72 Å². The summed E-state index contributed by atoms with van der Waals surface area (Å²) >= 11 is 0. The summed E-state index contributed by atoms with van der Waals surface area (Å²) in [7, 11) is -2.51. The zero-order valence-electron chi connectivity index (χ0n) is 14.9. The number of sulfonamides is 1. The van der Waals surface area contributed by atoms with Crippen molar-refractivity contribution in [2.45, 2.75) is 31.2 Å². The summed E-state index contributed by atoms with van der Waals surface area (Å²) < 4.78 is 33.4.